The molecule has 242 valence electrons. The number of carbonyl (C=O) groups excluding carboxylic acids is 4. The highest BCUT2D eigenvalue weighted by Crippen LogP contribution is 2.42. The molecule has 1 aliphatic rings. The zero-order valence-electron chi connectivity index (χ0n) is 27.9. The lowest BCUT2D eigenvalue weighted by Crippen LogP contribution is -2.61. The van der Waals surface area contributed by atoms with Crippen LogP contribution >= 0.6 is 15.9 Å². The maximum atomic E-state index is 13.4. The summed E-state index contributed by atoms with van der Waals surface area (Å²) in [5.74, 6) is -2.44. The van der Waals surface area contributed by atoms with E-state index >= 15 is 0 Å². The molecule has 1 aromatic carbocycles. The van der Waals surface area contributed by atoms with Crippen LogP contribution in [0.4, 0.5) is 0 Å². The van der Waals surface area contributed by atoms with Crippen molar-refractivity contribution in [1.82, 2.24) is 0 Å². The van der Waals surface area contributed by atoms with E-state index in [4.69, 9.17) is 23.7 Å². The van der Waals surface area contributed by atoms with Crippen molar-refractivity contribution in [3.8, 4) is 0 Å². The molecule has 0 amide bonds. The van der Waals surface area contributed by atoms with Crippen LogP contribution in [0.2, 0.25) is 0 Å². The maximum Gasteiger partial charge on any atom is 0.313 e. The van der Waals surface area contributed by atoms with E-state index in [1.54, 1.807) is 88.3 Å². The van der Waals surface area contributed by atoms with Gasteiger partial charge in [0, 0.05) is 4.47 Å². The minimum atomic E-state index is -1.49. The fraction of sp³-hybridized carbons (Fsp3) is 0.697. The molecule has 0 aromatic heterocycles. The minimum absolute atomic E-state index is 0.467. The number of hydrogen-bond acceptors (Lipinski definition) is 9. The van der Waals surface area contributed by atoms with Crippen molar-refractivity contribution >= 4 is 39.8 Å². The van der Waals surface area contributed by atoms with Gasteiger partial charge in [-0.15, -0.1) is 0 Å². The number of aryl methyl sites for hydroxylation is 1. The monoisotopic (exact) mass is 668 g/mol. The quantitative estimate of drug-likeness (QED) is 0.223. The van der Waals surface area contributed by atoms with Gasteiger partial charge in [0.15, 0.2) is 12.2 Å². The summed E-state index contributed by atoms with van der Waals surface area (Å²) in [5.41, 5.74) is -2.35. The smallest absolute Gasteiger partial charge is 0.313 e. The molecule has 0 spiro atoms. The number of carbonyl (C=O) groups is 4. The molecule has 1 fully saturated rings. The summed E-state index contributed by atoms with van der Waals surface area (Å²) in [6.07, 6.45) is -6.16. The van der Waals surface area contributed by atoms with Crippen molar-refractivity contribution in [1.29, 1.82) is 0 Å². The van der Waals surface area contributed by atoms with Gasteiger partial charge in [-0.1, -0.05) is 28.9 Å². The first kappa shape index (κ1) is 36.7. The summed E-state index contributed by atoms with van der Waals surface area (Å²) in [6, 6.07) is 5.46. The van der Waals surface area contributed by atoms with Crippen molar-refractivity contribution in [2.75, 3.05) is 0 Å². The second-order valence-corrected chi connectivity index (χ2v) is 15.8. The summed E-state index contributed by atoms with van der Waals surface area (Å²) in [6.45, 7) is 22.3. The number of esters is 4. The third-order valence-electron chi connectivity index (χ3n) is 7.26. The Morgan fingerprint density at radius 1 is 0.698 bits per heavy atom. The van der Waals surface area contributed by atoms with Gasteiger partial charge in [0.05, 0.1) is 21.7 Å². The van der Waals surface area contributed by atoms with Gasteiger partial charge in [0.1, 0.15) is 6.10 Å². The molecule has 0 N–H and O–H groups in total. The van der Waals surface area contributed by atoms with Crippen LogP contribution in [0.15, 0.2) is 22.7 Å². The molecular weight excluding hydrogens is 620 g/mol. The summed E-state index contributed by atoms with van der Waals surface area (Å²) in [7, 11) is 0. The van der Waals surface area contributed by atoms with Crippen LogP contribution in [0.5, 0.6) is 0 Å². The third kappa shape index (κ3) is 9.27. The van der Waals surface area contributed by atoms with E-state index in [2.05, 4.69) is 15.9 Å². The molecule has 5 atom stereocenters. The van der Waals surface area contributed by atoms with E-state index in [1.165, 1.54) is 0 Å². The molecule has 0 aliphatic carbocycles. The van der Waals surface area contributed by atoms with Gasteiger partial charge >= 0.3 is 23.9 Å². The van der Waals surface area contributed by atoms with Crippen LogP contribution in [0.25, 0.3) is 0 Å². The van der Waals surface area contributed by atoms with Gasteiger partial charge in [0.2, 0.25) is 12.4 Å². The van der Waals surface area contributed by atoms with E-state index in [9.17, 15) is 19.2 Å². The van der Waals surface area contributed by atoms with Gasteiger partial charge in [-0.05, 0) is 113 Å². The van der Waals surface area contributed by atoms with E-state index in [0.29, 0.717) is 12.0 Å². The Hall–Kier alpha value is -2.46. The van der Waals surface area contributed by atoms with Crippen LogP contribution in [0.3, 0.4) is 0 Å². The number of benzene rings is 1. The van der Waals surface area contributed by atoms with Gasteiger partial charge in [-0.2, -0.15) is 0 Å². The number of halogens is 1. The molecule has 0 bridgehead atoms. The average Bonchev–Trinajstić information content (AvgIpc) is 2.85. The lowest BCUT2D eigenvalue weighted by molar-refractivity contribution is -0.304. The number of ether oxygens (including phenoxy) is 5. The first-order valence-electron chi connectivity index (χ1n) is 14.7. The van der Waals surface area contributed by atoms with Crippen molar-refractivity contribution in [2.24, 2.45) is 21.7 Å². The standard InChI is InChI=1S/C33H49BrO9/c1-14-33(12,13)29(38)43-25-24(42-28(37)32(9,10)11)23(41-27(36)31(6,7)8)22(40-26(35)30(3,4)5)21(39-25)20-16-15-19(34)17-18(20)2/h15-17,21-25H,14H2,1-13H3/t21-,22-,23-,24-,25-/m1/s1. The summed E-state index contributed by atoms with van der Waals surface area (Å²) in [5, 5.41) is 0. The minimum Gasteiger partial charge on any atom is -0.455 e. The van der Waals surface area contributed by atoms with Crippen LogP contribution in [0, 0.1) is 28.6 Å². The lowest BCUT2D eigenvalue weighted by atomic mass is 9.88. The molecule has 1 saturated heterocycles. The van der Waals surface area contributed by atoms with Gasteiger partial charge in [-0.25, -0.2) is 0 Å². The molecule has 9 nitrogen and oxygen atoms in total. The molecule has 1 heterocycles. The molecular formula is C33H49BrO9. The SMILES string of the molecule is CCC(C)(C)C(=O)O[C@H]1O[C@H](c2ccc(Br)cc2C)[C@@H](OC(=O)C(C)(C)C)[C@@H](OC(=O)C(C)(C)C)[C@H]1OC(=O)C(C)(C)C. The molecule has 10 heteroatoms. The van der Waals surface area contributed by atoms with E-state index in [-0.39, 0.29) is 0 Å². The van der Waals surface area contributed by atoms with Crippen LogP contribution in [-0.2, 0) is 42.9 Å². The van der Waals surface area contributed by atoms with E-state index in [0.717, 1.165) is 10.0 Å². The van der Waals surface area contributed by atoms with Crippen LogP contribution in [0.1, 0.15) is 107 Å². The predicted octanol–water partition coefficient (Wildman–Crippen LogP) is 7.01. The lowest BCUT2D eigenvalue weighted by Gasteiger charge is -2.46. The first-order chi connectivity index (χ1) is 19.4. The Morgan fingerprint density at radius 2 is 1.14 bits per heavy atom. The van der Waals surface area contributed by atoms with Crippen molar-refractivity contribution in [2.45, 2.75) is 127 Å². The Balaban J connectivity index is 2.85. The largest absolute Gasteiger partial charge is 0.455 e. The second kappa shape index (κ2) is 13.3. The van der Waals surface area contributed by atoms with Gasteiger partial charge in [0.25, 0.3) is 0 Å². The predicted molar refractivity (Wildman–Crippen MR) is 165 cm³/mol. The fourth-order valence-electron chi connectivity index (χ4n) is 3.81. The molecule has 1 aliphatic heterocycles. The Labute approximate surface area is 264 Å². The van der Waals surface area contributed by atoms with E-state index < -0.39 is 76.2 Å². The Kier molecular flexibility index (Phi) is 11.3. The zero-order chi connectivity index (χ0) is 33.3. The molecule has 43 heavy (non-hydrogen) atoms. The van der Waals surface area contributed by atoms with Crippen LogP contribution in [-0.4, -0.2) is 48.5 Å². The highest BCUT2D eigenvalue weighted by molar-refractivity contribution is 9.10. The second-order valence-electron chi connectivity index (χ2n) is 14.9. The molecule has 0 unspecified atom stereocenters. The molecule has 2 rings (SSSR count). The number of rotatable bonds is 7. The normalized spacial score (nSPS) is 23.3. The average molecular weight is 670 g/mol. The van der Waals surface area contributed by atoms with E-state index in [1.807, 2.05) is 19.9 Å². The third-order valence-corrected chi connectivity index (χ3v) is 7.75. The Morgan fingerprint density at radius 3 is 1.56 bits per heavy atom. The van der Waals surface area contributed by atoms with Crippen molar-refractivity contribution in [3.05, 3.63) is 33.8 Å². The molecule has 0 saturated carbocycles. The number of hydrogen-bond donors (Lipinski definition) is 0. The van der Waals surface area contributed by atoms with Crippen LogP contribution < -0.4 is 0 Å². The highest BCUT2D eigenvalue weighted by Gasteiger charge is 2.56. The topological polar surface area (TPSA) is 114 Å². The first-order valence-corrected chi connectivity index (χ1v) is 15.4. The van der Waals surface area contributed by atoms with Gasteiger partial charge < -0.3 is 23.7 Å². The summed E-state index contributed by atoms with van der Waals surface area (Å²) >= 11 is 3.48. The maximum absolute atomic E-state index is 13.4. The van der Waals surface area contributed by atoms with Crippen molar-refractivity contribution in [3.63, 3.8) is 0 Å². The van der Waals surface area contributed by atoms with Crippen molar-refractivity contribution < 1.29 is 42.9 Å². The summed E-state index contributed by atoms with van der Waals surface area (Å²) in [4.78, 5) is 53.5. The molecule has 0 radical (unpaired) electrons. The summed E-state index contributed by atoms with van der Waals surface area (Å²) < 4.78 is 31.3. The highest BCUT2D eigenvalue weighted by atomic mass is 79.9. The zero-order valence-corrected chi connectivity index (χ0v) is 29.5. The molecule has 1 aromatic rings. The van der Waals surface area contributed by atoms with Gasteiger partial charge in [-0.3, -0.25) is 19.2 Å². The Bertz CT molecular complexity index is 1200. The fourth-order valence-corrected chi connectivity index (χ4v) is 4.29.